The van der Waals surface area contributed by atoms with Gasteiger partial charge in [0.1, 0.15) is 5.25 Å². The first-order valence-electron chi connectivity index (χ1n) is 8.62. The number of rotatable bonds is 6. The van der Waals surface area contributed by atoms with Crippen molar-refractivity contribution in [3.63, 3.8) is 0 Å². The topological polar surface area (TPSA) is 76.1 Å². The number of carbonyl (C=O) groups is 1. The second kappa shape index (κ2) is 8.54. The van der Waals surface area contributed by atoms with Gasteiger partial charge in [0.25, 0.3) is 5.91 Å². The van der Waals surface area contributed by atoms with Crippen LogP contribution in [0.4, 0.5) is 0 Å². The normalized spacial score (nSPS) is 12.4. The lowest BCUT2D eigenvalue weighted by atomic mass is 10.2. The Hall–Kier alpha value is -2.70. The predicted molar refractivity (Wildman–Crippen MR) is 109 cm³/mol. The highest BCUT2D eigenvalue weighted by molar-refractivity contribution is 7.91. The second-order valence-electron chi connectivity index (χ2n) is 6.35. The maximum absolute atomic E-state index is 13.2. The molecule has 1 N–H and O–H groups in total. The van der Waals surface area contributed by atoms with Crippen LogP contribution in [-0.4, -0.2) is 25.9 Å². The Labute approximate surface area is 169 Å². The molecule has 0 aliphatic carbocycles. The molecule has 3 aromatic rings. The fourth-order valence-corrected chi connectivity index (χ4v) is 4.52. The highest BCUT2D eigenvalue weighted by Gasteiger charge is 2.30. The van der Waals surface area contributed by atoms with Gasteiger partial charge in [0.15, 0.2) is 9.84 Å². The van der Waals surface area contributed by atoms with Gasteiger partial charge in [-0.2, -0.15) is 0 Å². The summed E-state index contributed by atoms with van der Waals surface area (Å²) in [5.41, 5.74) is 1.88. The number of hydrogen-bond acceptors (Lipinski definition) is 4. The molecule has 7 heteroatoms. The van der Waals surface area contributed by atoms with E-state index < -0.39 is 15.1 Å². The van der Waals surface area contributed by atoms with Crippen LogP contribution in [0.25, 0.3) is 0 Å². The molecule has 5 nitrogen and oxygen atoms in total. The molecule has 28 heavy (non-hydrogen) atoms. The first kappa shape index (κ1) is 20.0. The Bertz CT molecular complexity index is 1050. The summed E-state index contributed by atoms with van der Waals surface area (Å²) in [6.07, 6.45) is 3.08. The minimum absolute atomic E-state index is 0.0800. The molecule has 144 valence electrons. The van der Waals surface area contributed by atoms with Crippen LogP contribution in [0.5, 0.6) is 0 Å². The van der Waals surface area contributed by atoms with Crippen molar-refractivity contribution in [1.29, 1.82) is 0 Å². The maximum Gasteiger partial charge on any atom is 0.251 e. The van der Waals surface area contributed by atoms with Crippen molar-refractivity contribution in [3.8, 4) is 0 Å². The first-order chi connectivity index (χ1) is 13.4. The number of benzene rings is 2. The molecule has 3 rings (SSSR count). The van der Waals surface area contributed by atoms with E-state index in [-0.39, 0.29) is 17.3 Å². The van der Waals surface area contributed by atoms with Crippen LogP contribution < -0.4 is 5.32 Å². The van der Waals surface area contributed by atoms with Crippen molar-refractivity contribution < 1.29 is 13.2 Å². The summed E-state index contributed by atoms with van der Waals surface area (Å²) in [5, 5.41) is 2.28. The van der Waals surface area contributed by atoms with Crippen LogP contribution in [0.2, 0.25) is 5.02 Å². The zero-order valence-electron chi connectivity index (χ0n) is 15.2. The van der Waals surface area contributed by atoms with Crippen molar-refractivity contribution >= 4 is 27.3 Å². The number of sulfone groups is 1. The number of aromatic nitrogens is 1. The smallest absolute Gasteiger partial charge is 0.251 e. The van der Waals surface area contributed by atoms with Crippen LogP contribution in [0.3, 0.4) is 0 Å². The number of carbonyl (C=O) groups excluding carboxylic acids is 1. The van der Waals surface area contributed by atoms with Crippen molar-refractivity contribution in [1.82, 2.24) is 10.3 Å². The third kappa shape index (κ3) is 4.58. The number of nitrogens with zero attached hydrogens (tertiary/aromatic N) is 1. The zero-order valence-corrected chi connectivity index (χ0v) is 16.7. The number of nitrogens with one attached hydrogen (secondary N) is 1. The highest BCUT2D eigenvalue weighted by Crippen LogP contribution is 2.28. The lowest BCUT2D eigenvalue weighted by Crippen LogP contribution is -2.32. The molecular weight excluding hydrogens is 396 g/mol. The molecule has 0 saturated heterocycles. The van der Waals surface area contributed by atoms with Crippen LogP contribution >= 0.6 is 11.6 Å². The summed E-state index contributed by atoms with van der Waals surface area (Å²) < 4.78 is 26.5. The molecule has 0 bridgehead atoms. The number of pyridine rings is 1. The van der Waals surface area contributed by atoms with Gasteiger partial charge in [-0.25, -0.2) is 8.42 Å². The lowest BCUT2D eigenvalue weighted by Gasteiger charge is -2.19. The Morgan fingerprint density at radius 1 is 1.07 bits per heavy atom. The zero-order chi connectivity index (χ0) is 20.1. The van der Waals surface area contributed by atoms with E-state index in [0.717, 1.165) is 5.56 Å². The van der Waals surface area contributed by atoms with E-state index >= 15 is 0 Å². The molecule has 0 aliphatic heterocycles. The minimum atomic E-state index is -3.73. The summed E-state index contributed by atoms with van der Waals surface area (Å²) in [6.45, 7) is 1.81. The first-order valence-corrected chi connectivity index (χ1v) is 10.5. The number of hydrogen-bond donors (Lipinski definition) is 1. The van der Waals surface area contributed by atoms with Gasteiger partial charge in [-0.3, -0.25) is 9.78 Å². The van der Waals surface area contributed by atoms with Crippen molar-refractivity contribution in [2.75, 3.05) is 6.54 Å². The predicted octanol–water partition coefficient (Wildman–Crippen LogP) is 3.99. The summed E-state index contributed by atoms with van der Waals surface area (Å²) in [6, 6.07) is 16.4. The minimum Gasteiger partial charge on any atom is -0.350 e. The van der Waals surface area contributed by atoms with E-state index in [4.69, 9.17) is 11.6 Å². The average Bonchev–Trinajstić information content (AvgIpc) is 2.69. The second-order valence-corrected chi connectivity index (χ2v) is 8.92. The van der Waals surface area contributed by atoms with Crippen LogP contribution in [0.15, 0.2) is 78.0 Å². The molecule has 0 saturated carbocycles. The van der Waals surface area contributed by atoms with E-state index in [9.17, 15) is 13.2 Å². The molecule has 0 unspecified atom stereocenters. The number of aryl methyl sites for hydroxylation is 1. The molecule has 0 radical (unpaired) electrons. The molecule has 1 atom stereocenters. The largest absolute Gasteiger partial charge is 0.350 e. The summed E-state index contributed by atoms with van der Waals surface area (Å²) in [5.74, 6) is -0.371. The lowest BCUT2D eigenvalue weighted by molar-refractivity contribution is 0.0953. The van der Waals surface area contributed by atoms with Gasteiger partial charge in [0.2, 0.25) is 0 Å². The summed E-state index contributed by atoms with van der Waals surface area (Å²) in [7, 11) is -3.73. The third-order valence-corrected chi connectivity index (χ3v) is 6.70. The van der Waals surface area contributed by atoms with Crippen molar-refractivity contribution in [2.45, 2.75) is 17.1 Å². The van der Waals surface area contributed by atoms with E-state index in [0.29, 0.717) is 16.1 Å². The van der Waals surface area contributed by atoms with Gasteiger partial charge < -0.3 is 5.32 Å². The van der Waals surface area contributed by atoms with Gasteiger partial charge in [-0.15, -0.1) is 0 Å². The van der Waals surface area contributed by atoms with Crippen LogP contribution in [-0.2, 0) is 9.84 Å². The molecule has 0 aliphatic rings. The van der Waals surface area contributed by atoms with Gasteiger partial charge in [-0.1, -0.05) is 35.4 Å². The molecule has 1 amide bonds. The van der Waals surface area contributed by atoms with E-state index in [1.165, 1.54) is 6.20 Å². The van der Waals surface area contributed by atoms with Gasteiger partial charge >= 0.3 is 0 Å². The summed E-state index contributed by atoms with van der Waals surface area (Å²) in [4.78, 5) is 16.7. The third-order valence-electron chi connectivity index (χ3n) is 4.33. The number of halogens is 1. The Kier molecular flexibility index (Phi) is 6.11. The van der Waals surface area contributed by atoms with Gasteiger partial charge in [0, 0.05) is 29.5 Å². The fourth-order valence-electron chi connectivity index (χ4n) is 2.75. The molecular formula is C21H19ClN2O3S. The average molecular weight is 415 g/mol. The standard InChI is InChI=1S/C21H19ClN2O3S/c1-15-4-10-19(11-5-15)28(26,27)20(17-3-2-12-23-13-17)14-24-21(25)16-6-8-18(22)9-7-16/h2-13,20H,14H2,1H3,(H,24,25)/t20-/m0/s1. The fraction of sp³-hybridized carbons (Fsp3) is 0.143. The van der Waals surface area contributed by atoms with Crippen LogP contribution in [0.1, 0.15) is 26.7 Å². The molecule has 0 fully saturated rings. The monoisotopic (exact) mass is 414 g/mol. The van der Waals surface area contributed by atoms with Crippen LogP contribution in [0, 0.1) is 6.92 Å². The van der Waals surface area contributed by atoms with E-state index in [2.05, 4.69) is 10.3 Å². The number of amides is 1. The van der Waals surface area contributed by atoms with Gasteiger partial charge in [-0.05, 0) is 55.0 Å². The molecule has 1 aromatic heterocycles. The van der Waals surface area contributed by atoms with Crippen molar-refractivity contribution in [2.24, 2.45) is 0 Å². The molecule has 0 spiro atoms. The quantitative estimate of drug-likeness (QED) is 0.661. The molecule has 1 heterocycles. The van der Waals surface area contributed by atoms with E-state index in [1.54, 1.807) is 66.9 Å². The summed E-state index contributed by atoms with van der Waals surface area (Å²) >= 11 is 5.84. The Morgan fingerprint density at radius 3 is 2.36 bits per heavy atom. The molecule has 2 aromatic carbocycles. The SMILES string of the molecule is Cc1ccc(S(=O)(=O)[C@@H](CNC(=O)c2ccc(Cl)cc2)c2cccnc2)cc1. The highest BCUT2D eigenvalue weighted by atomic mass is 35.5. The van der Waals surface area contributed by atoms with Gasteiger partial charge in [0.05, 0.1) is 4.90 Å². The van der Waals surface area contributed by atoms with E-state index in [1.807, 2.05) is 6.92 Å². The maximum atomic E-state index is 13.2. The Balaban J connectivity index is 1.88. The Morgan fingerprint density at radius 2 is 1.75 bits per heavy atom. The van der Waals surface area contributed by atoms with Crippen molar-refractivity contribution in [3.05, 3.63) is 94.8 Å².